The molecule has 1 aromatic rings. The highest BCUT2D eigenvalue weighted by Gasteiger charge is 2.32. The molecule has 0 spiro atoms. The maximum Gasteiger partial charge on any atom is 0.334 e. The van der Waals surface area contributed by atoms with E-state index in [1.165, 1.54) is 12.2 Å². The van der Waals surface area contributed by atoms with Crippen LogP contribution in [0.25, 0.3) is 0 Å². The molecule has 1 aliphatic heterocycles. The molecule has 0 bridgehead atoms. The Bertz CT molecular complexity index is 708. The minimum absolute atomic E-state index is 0.00505. The maximum absolute atomic E-state index is 12.3. The summed E-state index contributed by atoms with van der Waals surface area (Å²) < 4.78 is 9.62. The van der Waals surface area contributed by atoms with Crippen molar-refractivity contribution >= 4 is 23.6 Å². The van der Waals surface area contributed by atoms with Crippen molar-refractivity contribution in [2.75, 3.05) is 26.8 Å². The van der Waals surface area contributed by atoms with Crippen LogP contribution in [0, 0.1) is 0 Å². The van der Waals surface area contributed by atoms with Gasteiger partial charge in [-0.1, -0.05) is 30.3 Å². The van der Waals surface area contributed by atoms with Crippen LogP contribution < -0.4 is 5.32 Å². The quantitative estimate of drug-likeness (QED) is 0.536. The second-order valence-electron chi connectivity index (χ2n) is 6.55. The third kappa shape index (κ3) is 8.00. The summed E-state index contributed by atoms with van der Waals surface area (Å²) in [7, 11) is 1.25. The van der Waals surface area contributed by atoms with Gasteiger partial charge in [0.05, 0.1) is 20.1 Å². The molecular formula is C20H26N2O7. The summed E-state index contributed by atoms with van der Waals surface area (Å²) in [5, 5.41) is 3.99. The molecule has 1 atom stereocenters. The normalized spacial score (nSPS) is 16.2. The summed E-state index contributed by atoms with van der Waals surface area (Å²) in [4.78, 5) is 52.4. The zero-order valence-electron chi connectivity index (χ0n) is 16.4. The van der Waals surface area contributed by atoms with Gasteiger partial charge in [0.25, 0.3) is 0 Å². The monoisotopic (exact) mass is 406 g/mol. The average Bonchev–Trinajstić information content (AvgIpc) is 3.22. The molecule has 1 aromatic carbocycles. The number of carbonyl (C=O) groups excluding carboxylic acids is 4. The first-order valence-corrected chi connectivity index (χ1v) is 9.45. The molecule has 0 saturated carbocycles. The number of ketones is 1. The molecule has 0 radical (unpaired) electrons. The van der Waals surface area contributed by atoms with E-state index in [4.69, 9.17) is 9.57 Å². The van der Waals surface area contributed by atoms with Crippen LogP contribution in [-0.4, -0.2) is 61.5 Å². The number of carbonyl (C=O) groups is 4. The molecule has 1 aliphatic rings. The van der Waals surface area contributed by atoms with Crippen molar-refractivity contribution in [1.82, 2.24) is 10.4 Å². The molecule has 0 aromatic heterocycles. The number of amides is 1. The number of esters is 2. The first-order chi connectivity index (χ1) is 14.0. The molecule has 9 nitrogen and oxygen atoms in total. The Hall–Kier alpha value is -2.78. The lowest BCUT2D eigenvalue weighted by molar-refractivity contribution is -0.193. The van der Waals surface area contributed by atoms with Crippen molar-refractivity contribution < 1.29 is 33.5 Å². The second kappa shape index (κ2) is 11.9. The van der Waals surface area contributed by atoms with Gasteiger partial charge in [-0.15, -0.1) is 0 Å². The van der Waals surface area contributed by atoms with Crippen molar-refractivity contribution in [3.8, 4) is 0 Å². The number of hydroxylamine groups is 2. The molecule has 29 heavy (non-hydrogen) atoms. The van der Waals surface area contributed by atoms with Gasteiger partial charge in [-0.05, 0) is 18.4 Å². The average molecular weight is 406 g/mol. The molecule has 1 heterocycles. The van der Waals surface area contributed by atoms with Crippen molar-refractivity contribution in [2.45, 2.75) is 38.3 Å². The van der Waals surface area contributed by atoms with E-state index in [0.29, 0.717) is 13.0 Å². The summed E-state index contributed by atoms with van der Waals surface area (Å²) in [6, 6.07) is 8.70. The summed E-state index contributed by atoms with van der Waals surface area (Å²) in [5.41, 5.74) is 0.871. The van der Waals surface area contributed by atoms with Crippen molar-refractivity contribution in [3.63, 3.8) is 0 Å². The van der Waals surface area contributed by atoms with Gasteiger partial charge in [0.15, 0.2) is 12.4 Å². The van der Waals surface area contributed by atoms with Crippen molar-refractivity contribution in [3.05, 3.63) is 35.9 Å². The zero-order chi connectivity index (χ0) is 21.1. The van der Waals surface area contributed by atoms with Gasteiger partial charge in [-0.3, -0.25) is 19.2 Å². The highest BCUT2D eigenvalue weighted by Crippen LogP contribution is 2.17. The second-order valence-corrected chi connectivity index (χ2v) is 6.55. The van der Waals surface area contributed by atoms with Crippen LogP contribution in [0.2, 0.25) is 0 Å². The number of nitrogens with one attached hydrogen (secondary N) is 1. The Labute approximate surface area is 169 Å². The van der Waals surface area contributed by atoms with E-state index >= 15 is 0 Å². The predicted molar refractivity (Wildman–Crippen MR) is 101 cm³/mol. The Kier molecular flexibility index (Phi) is 9.26. The molecule has 2 rings (SSSR count). The van der Waals surface area contributed by atoms with Gasteiger partial charge in [-0.2, -0.15) is 5.06 Å². The lowest BCUT2D eigenvalue weighted by Crippen LogP contribution is -2.45. The Balaban J connectivity index is 1.68. The van der Waals surface area contributed by atoms with Crippen LogP contribution >= 0.6 is 0 Å². The standard InChI is InChI=1S/C20H26N2O7/c1-27-18(24)10-9-16(23)12-21-20(26)17-8-5-11-22(17)29-14-19(25)28-13-15-6-3-2-4-7-15/h2-4,6-7,17H,5,8-14H2,1H3,(H,21,26)/t17-/m0/s1. The van der Waals surface area contributed by atoms with Gasteiger partial charge >= 0.3 is 11.9 Å². The molecule has 1 amide bonds. The summed E-state index contributed by atoms with van der Waals surface area (Å²) >= 11 is 0. The highest BCUT2D eigenvalue weighted by atomic mass is 16.7. The van der Waals surface area contributed by atoms with Crippen LogP contribution in [0.15, 0.2) is 30.3 Å². The van der Waals surface area contributed by atoms with Gasteiger partial charge < -0.3 is 14.8 Å². The topological polar surface area (TPSA) is 111 Å². The minimum atomic E-state index is -0.578. The lowest BCUT2D eigenvalue weighted by atomic mass is 10.2. The third-order valence-electron chi connectivity index (χ3n) is 4.39. The number of hydrogen-bond acceptors (Lipinski definition) is 8. The summed E-state index contributed by atoms with van der Waals surface area (Å²) in [6.45, 7) is 0.189. The van der Waals surface area contributed by atoms with Crippen LogP contribution in [-0.2, 0) is 40.1 Å². The number of Topliss-reactive ketones (excluding diaryl/α,β-unsaturated/α-hetero) is 1. The lowest BCUT2D eigenvalue weighted by Gasteiger charge is -2.22. The van der Waals surface area contributed by atoms with E-state index in [0.717, 1.165) is 12.0 Å². The molecule has 0 unspecified atom stereocenters. The van der Waals surface area contributed by atoms with E-state index < -0.39 is 18.0 Å². The smallest absolute Gasteiger partial charge is 0.334 e. The van der Waals surface area contributed by atoms with Crippen LogP contribution in [0.3, 0.4) is 0 Å². The van der Waals surface area contributed by atoms with Crippen LogP contribution in [0.1, 0.15) is 31.2 Å². The van der Waals surface area contributed by atoms with E-state index in [-0.39, 0.29) is 44.3 Å². The fraction of sp³-hybridized carbons (Fsp3) is 0.500. The first-order valence-electron chi connectivity index (χ1n) is 9.45. The Morgan fingerprint density at radius 1 is 1.10 bits per heavy atom. The molecule has 158 valence electrons. The van der Waals surface area contributed by atoms with Gasteiger partial charge in [0.2, 0.25) is 5.91 Å². The fourth-order valence-electron chi connectivity index (χ4n) is 2.81. The Morgan fingerprint density at radius 3 is 2.59 bits per heavy atom. The summed E-state index contributed by atoms with van der Waals surface area (Å²) in [5.74, 6) is -1.62. The first kappa shape index (κ1) is 22.5. The molecule has 1 saturated heterocycles. The fourth-order valence-corrected chi connectivity index (χ4v) is 2.81. The minimum Gasteiger partial charge on any atom is -0.469 e. The molecule has 1 fully saturated rings. The summed E-state index contributed by atoms with van der Waals surface area (Å²) in [6.07, 6.45) is 1.27. The molecule has 0 aliphatic carbocycles. The van der Waals surface area contributed by atoms with Gasteiger partial charge in [0, 0.05) is 13.0 Å². The Morgan fingerprint density at radius 2 is 1.86 bits per heavy atom. The zero-order valence-corrected chi connectivity index (χ0v) is 16.4. The number of ether oxygens (including phenoxy) is 2. The third-order valence-corrected chi connectivity index (χ3v) is 4.39. The highest BCUT2D eigenvalue weighted by molar-refractivity contribution is 5.89. The number of rotatable bonds is 11. The van der Waals surface area contributed by atoms with Crippen molar-refractivity contribution in [2.24, 2.45) is 0 Å². The van der Waals surface area contributed by atoms with E-state index in [9.17, 15) is 19.2 Å². The molecular weight excluding hydrogens is 380 g/mol. The molecule has 1 N–H and O–H groups in total. The van der Waals surface area contributed by atoms with Gasteiger partial charge in [0.1, 0.15) is 12.6 Å². The van der Waals surface area contributed by atoms with Crippen molar-refractivity contribution in [1.29, 1.82) is 0 Å². The number of methoxy groups -OCH3 is 1. The van der Waals surface area contributed by atoms with Crippen LogP contribution in [0.5, 0.6) is 0 Å². The largest absolute Gasteiger partial charge is 0.469 e. The number of nitrogens with zero attached hydrogens (tertiary/aromatic N) is 1. The predicted octanol–water partition coefficient (Wildman–Crippen LogP) is 0.764. The maximum atomic E-state index is 12.3. The number of hydrogen-bond donors (Lipinski definition) is 1. The molecule has 9 heteroatoms. The SMILES string of the molecule is COC(=O)CCC(=O)CNC(=O)[C@@H]1CCCN1OCC(=O)OCc1ccccc1. The van der Waals surface area contributed by atoms with Crippen LogP contribution in [0.4, 0.5) is 0 Å². The number of benzene rings is 1. The van der Waals surface area contributed by atoms with E-state index in [1.807, 2.05) is 30.3 Å². The van der Waals surface area contributed by atoms with Gasteiger partial charge in [-0.25, -0.2) is 4.79 Å². The van der Waals surface area contributed by atoms with E-state index in [1.54, 1.807) is 0 Å². The van der Waals surface area contributed by atoms with E-state index in [2.05, 4.69) is 10.1 Å².